The highest BCUT2D eigenvalue weighted by Gasteiger charge is 2.30. The van der Waals surface area contributed by atoms with Gasteiger partial charge in [-0.1, -0.05) is 13.0 Å². The van der Waals surface area contributed by atoms with Crippen molar-refractivity contribution in [1.29, 1.82) is 0 Å². The highest BCUT2D eigenvalue weighted by Crippen LogP contribution is 2.24. The molecule has 3 nitrogen and oxygen atoms in total. The van der Waals surface area contributed by atoms with Crippen molar-refractivity contribution in [2.45, 2.75) is 25.9 Å². The van der Waals surface area contributed by atoms with E-state index in [1.807, 2.05) is 11.8 Å². The first-order chi connectivity index (χ1) is 7.61. The minimum Gasteiger partial charge on any atom is -0.480 e. The number of carboxylic acid groups (broad SMARTS) is 1. The molecule has 0 fully saturated rings. The van der Waals surface area contributed by atoms with Gasteiger partial charge in [-0.2, -0.15) is 0 Å². The van der Waals surface area contributed by atoms with E-state index in [-0.39, 0.29) is 5.82 Å². The molecule has 16 heavy (non-hydrogen) atoms. The zero-order chi connectivity index (χ0) is 11.7. The second-order valence-electron chi connectivity index (χ2n) is 4.03. The molecule has 0 saturated heterocycles. The summed E-state index contributed by atoms with van der Waals surface area (Å²) >= 11 is 0. The summed E-state index contributed by atoms with van der Waals surface area (Å²) < 4.78 is 13.0. The Morgan fingerprint density at radius 3 is 2.94 bits per heavy atom. The summed E-state index contributed by atoms with van der Waals surface area (Å²) in [5, 5.41) is 9.10. The average molecular weight is 223 g/mol. The van der Waals surface area contributed by atoms with Gasteiger partial charge in [-0.15, -0.1) is 0 Å². The zero-order valence-corrected chi connectivity index (χ0v) is 9.11. The first-order valence-electron chi connectivity index (χ1n) is 5.36. The normalized spacial score (nSPS) is 20.5. The summed E-state index contributed by atoms with van der Waals surface area (Å²) in [5.41, 5.74) is 1.85. The van der Waals surface area contributed by atoms with Crippen LogP contribution in [-0.2, 0) is 17.8 Å². The third kappa shape index (κ3) is 1.93. The molecule has 0 amide bonds. The van der Waals surface area contributed by atoms with Gasteiger partial charge in [0.2, 0.25) is 0 Å². The van der Waals surface area contributed by atoms with Gasteiger partial charge in [0.1, 0.15) is 11.9 Å². The molecule has 0 radical (unpaired) electrons. The van der Waals surface area contributed by atoms with Crippen LogP contribution in [0.25, 0.3) is 0 Å². The number of hydrogen-bond donors (Lipinski definition) is 1. The van der Waals surface area contributed by atoms with E-state index in [0.29, 0.717) is 19.5 Å². The zero-order valence-electron chi connectivity index (χ0n) is 9.11. The van der Waals surface area contributed by atoms with E-state index in [4.69, 9.17) is 5.11 Å². The second-order valence-corrected chi connectivity index (χ2v) is 4.03. The molecule has 0 aliphatic carbocycles. The van der Waals surface area contributed by atoms with E-state index in [2.05, 4.69) is 0 Å². The molecule has 1 heterocycles. The molecular formula is C12H14FNO2. The van der Waals surface area contributed by atoms with E-state index in [0.717, 1.165) is 11.1 Å². The van der Waals surface area contributed by atoms with Crippen molar-refractivity contribution in [2.75, 3.05) is 6.54 Å². The Balaban J connectivity index is 2.33. The van der Waals surface area contributed by atoms with Crippen LogP contribution < -0.4 is 0 Å². The van der Waals surface area contributed by atoms with Crippen molar-refractivity contribution in [3.05, 3.63) is 35.1 Å². The summed E-state index contributed by atoms with van der Waals surface area (Å²) in [4.78, 5) is 12.9. The van der Waals surface area contributed by atoms with E-state index in [1.165, 1.54) is 12.1 Å². The van der Waals surface area contributed by atoms with Crippen LogP contribution in [0.15, 0.2) is 18.2 Å². The number of hydrogen-bond acceptors (Lipinski definition) is 2. The quantitative estimate of drug-likeness (QED) is 0.828. The number of nitrogens with zero attached hydrogens (tertiary/aromatic N) is 1. The number of aliphatic carboxylic acids is 1. The Hall–Kier alpha value is -1.42. The Morgan fingerprint density at radius 1 is 1.56 bits per heavy atom. The predicted molar refractivity (Wildman–Crippen MR) is 57.6 cm³/mol. The SMILES string of the molecule is CCN1Cc2cc(F)ccc2C[C@@H]1C(=O)O. The Bertz CT molecular complexity index is 419. The van der Waals surface area contributed by atoms with E-state index in [9.17, 15) is 9.18 Å². The predicted octanol–water partition coefficient (Wildman–Crippen LogP) is 1.66. The molecule has 4 heteroatoms. The fraction of sp³-hybridized carbons (Fsp3) is 0.417. The number of benzene rings is 1. The largest absolute Gasteiger partial charge is 0.480 e. The van der Waals surface area contributed by atoms with Crippen molar-refractivity contribution in [3.63, 3.8) is 0 Å². The van der Waals surface area contributed by atoms with Crippen LogP contribution >= 0.6 is 0 Å². The van der Waals surface area contributed by atoms with E-state index < -0.39 is 12.0 Å². The molecule has 86 valence electrons. The highest BCUT2D eigenvalue weighted by molar-refractivity contribution is 5.74. The number of carbonyl (C=O) groups is 1. The maximum atomic E-state index is 13.0. The van der Waals surface area contributed by atoms with Crippen molar-refractivity contribution in [3.8, 4) is 0 Å². The third-order valence-corrected chi connectivity index (χ3v) is 3.09. The van der Waals surface area contributed by atoms with Crippen LogP contribution in [0.4, 0.5) is 4.39 Å². The minimum atomic E-state index is -0.808. The van der Waals surface area contributed by atoms with Crippen molar-refractivity contribution in [2.24, 2.45) is 0 Å². The van der Waals surface area contributed by atoms with Crippen molar-refractivity contribution in [1.82, 2.24) is 4.90 Å². The molecule has 1 aromatic carbocycles. The summed E-state index contributed by atoms with van der Waals surface area (Å²) in [6, 6.07) is 4.09. The van der Waals surface area contributed by atoms with Crippen molar-refractivity contribution >= 4 is 5.97 Å². The first-order valence-corrected chi connectivity index (χ1v) is 5.36. The molecule has 0 saturated carbocycles. The summed E-state index contributed by atoms with van der Waals surface area (Å²) in [5.74, 6) is -1.07. The molecule has 1 aliphatic rings. The lowest BCUT2D eigenvalue weighted by Crippen LogP contribution is -2.45. The molecule has 1 N–H and O–H groups in total. The maximum Gasteiger partial charge on any atom is 0.321 e. The molecule has 0 unspecified atom stereocenters. The first kappa shape index (κ1) is 11.1. The standard InChI is InChI=1S/C12H14FNO2/c1-2-14-7-9-5-10(13)4-3-8(9)6-11(14)12(15)16/h3-5,11H,2,6-7H2,1H3,(H,15,16)/t11-/m1/s1. The van der Waals surface area contributed by atoms with Gasteiger partial charge in [0, 0.05) is 6.54 Å². The summed E-state index contributed by atoms with van der Waals surface area (Å²) in [6.45, 7) is 3.09. The Morgan fingerprint density at radius 2 is 2.31 bits per heavy atom. The van der Waals surface area contributed by atoms with Gasteiger partial charge in [0.15, 0.2) is 0 Å². The Labute approximate surface area is 93.5 Å². The van der Waals surface area contributed by atoms with Crippen LogP contribution in [0.1, 0.15) is 18.1 Å². The van der Waals surface area contributed by atoms with Gasteiger partial charge >= 0.3 is 5.97 Å². The molecule has 1 aromatic rings. The van der Waals surface area contributed by atoms with Gasteiger partial charge < -0.3 is 5.11 Å². The number of halogens is 1. The van der Waals surface area contributed by atoms with Gasteiger partial charge in [-0.25, -0.2) is 4.39 Å². The van der Waals surface area contributed by atoms with E-state index in [1.54, 1.807) is 6.07 Å². The highest BCUT2D eigenvalue weighted by atomic mass is 19.1. The fourth-order valence-corrected chi connectivity index (χ4v) is 2.18. The smallest absolute Gasteiger partial charge is 0.321 e. The lowest BCUT2D eigenvalue weighted by atomic mass is 9.94. The van der Waals surface area contributed by atoms with Gasteiger partial charge in [-0.3, -0.25) is 9.69 Å². The van der Waals surface area contributed by atoms with Crippen LogP contribution in [-0.4, -0.2) is 28.6 Å². The van der Waals surface area contributed by atoms with Gasteiger partial charge in [-0.05, 0) is 36.2 Å². The maximum absolute atomic E-state index is 13.0. The van der Waals surface area contributed by atoms with Gasteiger partial charge in [0.25, 0.3) is 0 Å². The molecule has 0 bridgehead atoms. The second kappa shape index (κ2) is 4.22. The molecular weight excluding hydrogens is 209 g/mol. The van der Waals surface area contributed by atoms with E-state index >= 15 is 0 Å². The lowest BCUT2D eigenvalue weighted by Gasteiger charge is -2.33. The molecule has 1 atom stereocenters. The number of fused-ring (bicyclic) bond motifs is 1. The van der Waals surface area contributed by atoms with Crippen molar-refractivity contribution < 1.29 is 14.3 Å². The molecule has 0 spiro atoms. The van der Waals surface area contributed by atoms with Crippen LogP contribution in [0.5, 0.6) is 0 Å². The lowest BCUT2D eigenvalue weighted by molar-refractivity contribution is -0.143. The molecule has 0 aromatic heterocycles. The van der Waals surface area contributed by atoms with Crippen LogP contribution in [0.3, 0.4) is 0 Å². The molecule has 1 aliphatic heterocycles. The minimum absolute atomic E-state index is 0.261. The third-order valence-electron chi connectivity index (χ3n) is 3.09. The topological polar surface area (TPSA) is 40.5 Å². The Kier molecular flexibility index (Phi) is 2.92. The van der Waals surface area contributed by atoms with Crippen LogP contribution in [0, 0.1) is 5.82 Å². The fourth-order valence-electron chi connectivity index (χ4n) is 2.18. The summed E-state index contributed by atoms with van der Waals surface area (Å²) in [6.07, 6.45) is 0.457. The average Bonchev–Trinajstić information content (AvgIpc) is 2.26. The van der Waals surface area contributed by atoms with Crippen LogP contribution in [0.2, 0.25) is 0 Å². The number of rotatable bonds is 2. The number of carboxylic acids is 1. The van der Waals surface area contributed by atoms with Gasteiger partial charge in [0.05, 0.1) is 0 Å². The summed E-state index contributed by atoms with van der Waals surface area (Å²) in [7, 11) is 0. The number of likely N-dealkylation sites (N-methyl/N-ethyl adjacent to an activating group) is 1. The monoisotopic (exact) mass is 223 g/mol. The molecule has 2 rings (SSSR count).